The fourth-order valence-electron chi connectivity index (χ4n) is 3.70. The van der Waals surface area contributed by atoms with E-state index in [0.29, 0.717) is 16.7 Å². The normalized spacial score (nSPS) is 25.7. The number of rotatable bonds is 4. The number of nitrogens with zero attached hydrogens (tertiary/aromatic N) is 2. The summed E-state index contributed by atoms with van der Waals surface area (Å²) in [5.74, 6) is -3.92. The fourth-order valence-corrected chi connectivity index (χ4v) is 3.70. The van der Waals surface area contributed by atoms with E-state index in [-0.39, 0.29) is 17.0 Å². The molecule has 2 aliphatic rings. The Morgan fingerprint density at radius 1 is 1.35 bits per heavy atom. The molecule has 1 fully saturated rings. The van der Waals surface area contributed by atoms with Gasteiger partial charge in [0.25, 0.3) is 5.91 Å². The number of amides is 1. The third-order valence-electron chi connectivity index (χ3n) is 5.22. The second-order valence-electron chi connectivity index (χ2n) is 8.15. The molecule has 1 aromatic carbocycles. The molecule has 11 heteroatoms. The highest BCUT2D eigenvalue weighted by Crippen LogP contribution is 2.42. The molecule has 4 rings (SSSR count). The highest BCUT2D eigenvalue weighted by Gasteiger charge is 2.59. The van der Waals surface area contributed by atoms with Gasteiger partial charge in [0.1, 0.15) is 23.3 Å². The molecule has 1 amide bonds. The third kappa shape index (κ3) is 3.80. The number of benzene rings is 1. The third-order valence-corrected chi connectivity index (χ3v) is 5.22. The predicted molar refractivity (Wildman–Crippen MR) is 103 cm³/mol. The van der Waals surface area contributed by atoms with Gasteiger partial charge < -0.3 is 25.0 Å². The van der Waals surface area contributed by atoms with Crippen molar-refractivity contribution in [1.29, 1.82) is 0 Å². The lowest BCUT2D eigenvalue weighted by Gasteiger charge is -2.21. The maximum Gasteiger partial charge on any atom is 0.351 e. The van der Waals surface area contributed by atoms with Crippen molar-refractivity contribution in [2.24, 2.45) is 0 Å². The topological polar surface area (TPSA) is 123 Å². The number of hydrogen-bond acceptors (Lipinski definition) is 7. The molecule has 1 unspecified atom stereocenters. The number of aliphatic hydroxyl groups is 2. The maximum atomic E-state index is 14.2. The van der Waals surface area contributed by atoms with Crippen LogP contribution < -0.4 is 15.7 Å². The summed E-state index contributed by atoms with van der Waals surface area (Å²) < 4.78 is 39.7. The van der Waals surface area contributed by atoms with Crippen molar-refractivity contribution in [1.82, 2.24) is 9.55 Å². The number of ether oxygens (including phenoxy) is 2. The highest BCUT2D eigenvalue weighted by molar-refractivity contribution is 6.04. The second kappa shape index (κ2) is 7.36. The molecule has 0 aliphatic carbocycles. The molecule has 1 aromatic heterocycles. The zero-order valence-corrected chi connectivity index (χ0v) is 16.7. The summed E-state index contributed by atoms with van der Waals surface area (Å²) in [5, 5.41) is 21.1. The van der Waals surface area contributed by atoms with Gasteiger partial charge in [0, 0.05) is 18.2 Å². The van der Waals surface area contributed by atoms with Gasteiger partial charge in [0.15, 0.2) is 6.10 Å². The van der Waals surface area contributed by atoms with E-state index in [4.69, 9.17) is 14.6 Å². The van der Waals surface area contributed by atoms with Crippen LogP contribution in [0.1, 0.15) is 36.0 Å². The van der Waals surface area contributed by atoms with Gasteiger partial charge >= 0.3 is 11.6 Å². The molecule has 3 atom stereocenters. The largest absolute Gasteiger partial charge is 0.487 e. The van der Waals surface area contributed by atoms with Crippen molar-refractivity contribution in [3.8, 4) is 5.75 Å². The van der Waals surface area contributed by atoms with Gasteiger partial charge in [-0.1, -0.05) is 6.07 Å². The molecule has 2 aromatic rings. The molecule has 31 heavy (non-hydrogen) atoms. The summed E-state index contributed by atoms with van der Waals surface area (Å²) in [7, 11) is 0. The van der Waals surface area contributed by atoms with E-state index in [2.05, 4.69) is 10.3 Å². The Morgan fingerprint density at radius 3 is 2.74 bits per heavy atom. The van der Waals surface area contributed by atoms with Crippen molar-refractivity contribution in [3.63, 3.8) is 0 Å². The SMILES string of the molecule is CC1(C)Cc2ccc(C(=O)Nc3ccn(C4O[C@H](CO)[C@@H](O)C4(F)F)c(=O)n3)cc2O1. The van der Waals surface area contributed by atoms with Gasteiger partial charge in [0.2, 0.25) is 6.23 Å². The first-order valence-electron chi connectivity index (χ1n) is 9.56. The van der Waals surface area contributed by atoms with Crippen molar-refractivity contribution in [3.05, 3.63) is 52.1 Å². The Bertz CT molecular complexity index is 1090. The first-order valence-corrected chi connectivity index (χ1v) is 9.56. The van der Waals surface area contributed by atoms with Gasteiger partial charge in [-0.25, -0.2) is 4.79 Å². The molecule has 0 radical (unpaired) electrons. The van der Waals surface area contributed by atoms with E-state index < -0.39 is 42.6 Å². The van der Waals surface area contributed by atoms with Crippen LogP contribution in [-0.4, -0.2) is 56.0 Å². The molecule has 1 saturated heterocycles. The quantitative estimate of drug-likeness (QED) is 0.655. The molecule has 3 heterocycles. The van der Waals surface area contributed by atoms with Crippen LogP contribution in [0.4, 0.5) is 14.6 Å². The van der Waals surface area contributed by atoms with Gasteiger partial charge in [0.05, 0.1) is 6.61 Å². The Hall–Kier alpha value is -2.89. The number of aromatic nitrogens is 2. The average Bonchev–Trinajstić information content (AvgIpc) is 3.13. The molecule has 166 valence electrons. The number of aliphatic hydroxyl groups excluding tert-OH is 2. The second-order valence-corrected chi connectivity index (χ2v) is 8.15. The summed E-state index contributed by atoms with van der Waals surface area (Å²) >= 11 is 0. The number of anilines is 1. The van der Waals surface area contributed by atoms with E-state index >= 15 is 0 Å². The predicted octanol–water partition coefficient (Wildman–Crippen LogP) is 1.09. The van der Waals surface area contributed by atoms with Crippen molar-refractivity contribution < 1.29 is 33.3 Å². The molecular formula is C20H21F2N3O6. The Kier molecular flexibility index (Phi) is 5.07. The Balaban J connectivity index is 1.52. The first kappa shape index (κ1) is 21.3. The van der Waals surface area contributed by atoms with Crippen LogP contribution in [0.15, 0.2) is 35.3 Å². The number of halogens is 2. The van der Waals surface area contributed by atoms with E-state index in [9.17, 15) is 23.5 Å². The zero-order valence-electron chi connectivity index (χ0n) is 16.7. The van der Waals surface area contributed by atoms with Crippen molar-refractivity contribution >= 4 is 11.7 Å². The average molecular weight is 437 g/mol. The van der Waals surface area contributed by atoms with E-state index in [0.717, 1.165) is 17.8 Å². The minimum Gasteiger partial charge on any atom is -0.487 e. The lowest BCUT2D eigenvalue weighted by molar-refractivity contribution is -0.140. The van der Waals surface area contributed by atoms with Crippen LogP contribution in [0, 0.1) is 0 Å². The van der Waals surface area contributed by atoms with Crippen LogP contribution in [0.2, 0.25) is 0 Å². The van der Waals surface area contributed by atoms with Crippen LogP contribution in [0.5, 0.6) is 5.75 Å². The lowest BCUT2D eigenvalue weighted by atomic mass is 10.0. The fraction of sp³-hybridized carbons (Fsp3) is 0.450. The number of alkyl halides is 2. The molecular weight excluding hydrogens is 416 g/mol. The molecule has 0 spiro atoms. The van der Waals surface area contributed by atoms with Gasteiger partial charge in [-0.05, 0) is 37.6 Å². The van der Waals surface area contributed by atoms with Gasteiger partial charge in [-0.15, -0.1) is 0 Å². The maximum absolute atomic E-state index is 14.2. The van der Waals surface area contributed by atoms with Gasteiger partial charge in [-0.3, -0.25) is 9.36 Å². The smallest absolute Gasteiger partial charge is 0.351 e. The number of nitrogens with one attached hydrogen (secondary N) is 1. The number of fused-ring (bicyclic) bond motifs is 1. The van der Waals surface area contributed by atoms with E-state index in [1.54, 1.807) is 18.2 Å². The Morgan fingerprint density at radius 2 is 2.10 bits per heavy atom. The van der Waals surface area contributed by atoms with Crippen LogP contribution in [0.3, 0.4) is 0 Å². The minimum absolute atomic E-state index is 0.145. The molecule has 2 aliphatic heterocycles. The summed E-state index contributed by atoms with van der Waals surface area (Å²) in [6.45, 7) is 3.03. The highest BCUT2D eigenvalue weighted by atomic mass is 19.3. The molecule has 0 bridgehead atoms. The van der Waals surface area contributed by atoms with E-state index in [1.165, 1.54) is 0 Å². The molecule has 9 nitrogen and oxygen atoms in total. The summed E-state index contributed by atoms with van der Waals surface area (Å²) in [6, 6.07) is 6.14. The summed E-state index contributed by atoms with van der Waals surface area (Å²) in [4.78, 5) is 28.4. The van der Waals surface area contributed by atoms with Crippen LogP contribution in [0.25, 0.3) is 0 Å². The van der Waals surface area contributed by atoms with E-state index in [1.807, 2.05) is 13.8 Å². The molecule has 0 saturated carbocycles. The van der Waals surface area contributed by atoms with Crippen LogP contribution in [-0.2, 0) is 11.2 Å². The van der Waals surface area contributed by atoms with Crippen molar-refractivity contribution in [2.75, 3.05) is 11.9 Å². The monoisotopic (exact) mass is 437 g/mol. The first-order chi connectivity index (χ1) is 14.5. The van der Waals surface area contributed by atoms with Crippen molar-refractivity contribution in [2.45, 2.75) is 50.2 Å². The standard InChI is InChI=1S/C20H21F2N3O6/c1-19(2)8-11-4-3-10(7-12(11)31-19)16(28)23-14-5-6-25(18(29)24-14)17-20(21,22)15(27)13(9-26)30-17/h3-7,13,15,17,26-27H,8-9H2,1-2H3,(H,23,24,28,29)/t13-,15-,17?/m1/s1. The minimum atomic E-state index is -3.82. The lowest BCUT2D eigenvalue weighted by Crippen LogP contribution is -2.41. The van der Waals surface area contributed by atoms with Gasteiger partial charge in [-0.2, -0.15) is 13.8 Å². The molecule has 3 N–H and O–H groups in total. The Labute approximate surface area is 175 Å². The number of carbonyl (C=O) groups excluding carboxylic acids is 1. The zero-order chi connectivity index (χ0) is 22.6. The number of hydrogen-bond donors (Lipinski definition) is 3. The summed E-state index contributed by atoms with van der Waals surface area (Å²) in [5.41, 5.74) is -0.228. The van der Waals surface area contributed by atoms with Crippen LogP contribution >= 0.6 is 0 Å². The number of carbonyl (C=O) groups is 1. The summed E-state index contributed by atoms with van der Waals surface area (Å²) in [6.07, 6.45) is -4.27.